The van der Waals surface area contributed by atoms with E-state index in [1.807, 2.05) is 24.3 Å². The van der Waals surface area contributed by atoms with E-state index in [1.165, 1.54) is 0 Å². The molecule has 2 heterocycles. The van der Waals surface area contributed by atoms with Gasteiger partial charge in [0.1, 0.15) is 5.82 Å². The summed E-state index contributed by atoms with van der Waals surface area (Å²) in [5.41, 5.74) is 4.40. The predicted molar refractivity (Wildman–Crippen MR) is 107 cm³/mol. The number of aryl methyl sites for hydroxylation is 1. The molecule has 1 aliphatic rings. The van der Waals surface area contributed by atoms with E-state index in [0.717, 1.165) is 54.4 Å². The van der Waals surface area contributed by atoms with Gasteiger partial charge in [0, 0.05) is 29.4 Å². The van der Waals surface area contributed by atoms with Crippen molar-refractivity contribution in [2.24, 2.45) is 5.41 Å². The van der Waals surface area contributed by atoms with Crippen LogP contribution in [0.1, 0.15) is 26.1 Å². The number of H-pyrrole nitrogens is 1. The second-order valence-corrected chi connectivity index (χ2v) is 7.89. The molecule has 1 fully saturated rings. The number of hydrogen-bond donors (Lipinski definition) is 1. The van der Waals surface area contributed by atoms with Crippen molar-refractivity contribution in [2.45, 2.75) is 33.0 Å². The molecule has 1 N–H and O–H groups in total. The van der Waals surface area contributed by atoms with Crippen molar-refractivity contribution in [1.29, 1.82) is 0 Å². The Hall–Kier alpha value is -2.43. The van der Waals surface area contributed by atoms with Gasteiger partial charge in [0.05, 0.1) is 24.6 Å². The summed E-state index contributed by atoms with van der Waals surface area (Å²) in [5, 5.41) is 0. The van der Waals surface area contributed by atoms with Gasteiger partial charge in [0.25, 0.3) is 0 Å². The van der Waals surface area contributed by atoms with Gasteiger partial charge in [-0.2, -0.15) is 0 Å². The van der Waals surface area contributed by atoms with E-state index in [9.17, 15) is 0 Å². The van der Waals surface area contributed by atoms with Crippen LogP contribution in [0.15, 0.2) is 60.7 Å². The van der Waals surface area contributed by atoms with Crippen molar-refractivity contribution in [3.8, 4) is 22.5 Å². The number of nitrogens with zero attached hydrogens (tertiary/aromatic N) is 1. The van der Waals surface area contributed by atoms with Crippen LogP contribution in [-0.4, -0.2) is 29.5 Å². The Morgan fingerprint density at radius 1 is 0.926 bits per heavy atom. The third-order valence-electron chi connectivity index (χ3n) is 4.80. The summed E-state index contributed by atoms with van der Waals surface area (Å²) in [5.74, 6) is 0.963. The molecule has 0 saturated carbocycles. The predicted octanol–water partition coefficient (Wildman–Crippen LogP) is 5.08. The molecule has 0 atom stereocenters. The Morgan fingerprint density at radius 2 is 1.52 bits per heavy atom. The van der Waals surface area contributed by atoms with Crippen LogP contribution in [0.5, 0.6) is 0 Å². The standard InChI is InChI=1S/C23H26N2O2/c1-23(2)15-26-20(27-16-23)14-13-19-24-21(17-9-5-3-6-10-17)22(25-19)18-11-7-4-8-12-18/h3-12,20H,13-16H2,1-2H3,(H,24,25). The summed E-state index contributed by atoms with van der Waals surface area (Å²) in [6, 6.07) is 20.7. The number of benzene rings is 2. The molecule has 140 valence electrons. The van der Waals surface area contributed by atoms with Gasteiger partial charge >= 0.3 is 0 Å². The lowest BCUT2D eigenvalue weighted by molar-refractivity contribution is -0.223. The molecule has 4 heteroatoms. The van der Waals surface area contributed by atoms with Gasteiger partial charge < -0.3 is 14.5 Å². The number of imidazole rings is 1. The maximum Gasteiger partial charge on any atom is 0.158 e. The third-order valence-corrected chi connectivity index (χ3v) is 4.80. The molecule has 2 aromatic carbocycles. The van der Waals surface area contributed by atoms with Crippen LogP contribution in [0, 0.1) is 5.41 Å². The average molecular weight is 362 g/mol. The number of ether oxygens (including phenoxy) is 2. The molecular formula is C23H26N2O2. The number of aromatic amines is 1. The maximum atomic E-state index is 5.86. The van der Waals surface area contributed by atoms with Crippen molar-refractivity contribution >= 4 is 0 Å². The Morgan fingerprint density at radius 3 is 2.15 bits per heavy atom. The minimum Gasteiger partial charge on any atom is -0.352 e. The molecule has 1 aromatic heterocycles. The van der Waals surface area contributed by atoms with Crippen LogP contribution in [0.25, 0.3) is 22.5 Å². The monoisotopic (exact) mass is 362 g/mol. The number of hydrogen-bond acceptors (Lipinski definition) is 3. The lowest BCUT2D eigenvalue weighted by Gasteiger charge is -2.34. The molecule has 3 aromatic rings. The van der Waals surface area contributed by atoms with E-state index in [4.69, 9.17) is 14.5 Å². The first-order valence-corrected chi connectivity index (χ1v) is 9.54. The maximum absolute atomic E-state index is 5.86. The van der Waals surface area contributed by atoms with Gasteiger partial charge in [0.15, 0.2) is 6.29 Å². The van der Waals surface area contributed by atoms with Crippen LogP contribution < -0.4 is 0 Å². The van der Waals surface area contributed by atoms with Crippen LogP contribution >= 0.6 is 0 Å². The van der Waals surface area contributed by atoms with Gasteiger partial charge in [-0.25, -0.2) is 4.98 Å². The number of aromatic nitrogens is 2. The molecule has 1 saturated heterocycles. The van der Waals surface area contributed by atoms with E-state index in [1.54, 1.807) is 0 Å². The first-order chi connectivity index (χ1) is 13.1. The van der Waals surface area contributed by atoms with Crippen molar-refractivity contribution in [3.63, 3.8) is 0 Å². The summed E-state index contributed by atoms with van der Waals surface area (Å²) < 4.78 is 11.7. The van der Waals surface area contributed by atoms with E-state index in [-0.39, 0.29) is 11.7 Å². The molecule has 0 spiro atoms. The molecule has 0 amide bonds. The SMILES string of the molecule is CC1(C)COC(CCc2nc(-c3ccccc3)c(-c3ccccc3)[nH]2)OC1. The smallest absolute Gasteiger partial charge is 0.158 e. The zero-order chi connectivity index (χ0) is 18.7. The quantitative estimate of drug-likeness (QED) is 0.689. The second-order valence-electron chi connectivity index (χ2n) is 7.89. The minimum atomic E-state index is -0.150. The average Bonchev–Trinajstić information content (AvgIpc) is 3.13. The largest absolute Gasteiger partial charge is 0.352 e. The Balaban J connectivity index is 1.55. The highest BCUT2D eigenvalue weighted by Crippen LogP contribution is 2.31. The molecule has 0 bridgehead atoms. The summed E-state index contributed by atoms with van der Waals surface area (Å²) in [4.78, 5) is 8.43. The Bertz CT molecular complexity index is 805. The topological polar surface area (TPSA) is 47.1 Å². The highest BCUT2D eigenvalue weighted by molar-refractivity contribution is 5.78. The van der Waals surface area contributed by atoms with Gasteiger partial charge in [-0.1, -0.05) is 74.5 Å². The van der Waals surface area contributed by atoms with Crippen molar-refractivity contribution in [1.82, 2.24) is 9.97 Å². The van der Waals surface area contributed by atoms with E-state index < -0.39 is 0 Å². The summed E-state index contributed by atoms with van der Waals surface area (Å²) in [6.45, 7) is 5.79. The van der Waals surface area contributed by atoms with Crippen molar-refractivity contribution < 1.29 is 9.47 Å². The Labute approximate surface area is 160 Å². The third kappa shape index (κ3) is 4.29. The highest BCUT2D eigenvalue weighted by atomic mass is 16.7. The van der Waals surface area contributed by atoms with Crippen LogP contribution in [0.2, 0.25) is 0 Å². The van der Waals surface area contributed by atoms with E-state index in [0.29, 0.717) is 0 Å². The van der Waals surface area contributed by atoms with Crippen molar-refractivity contribution in [2.75, 3.05) is 13.2 Å². The first kappa shape index (κ1) is 18.0. The molecule has 4 rings (SSSR count). The van der Waals surface area contributed by atoms with Crippen LogP contribution in [-0.2, 0) is 15.9 Å². The first-order valence-electron chi connectivity index (χ1n) is 9.54. The van der Waals surface area contributed by atoms with Gasteiger partial charge in [-0.15, -0.1) is 0 Å². The number of rotatable bonds is 5. The van der Waals surface area contributed by atoms with Gasteiger partial charge in [-0.05, 0) is 0 Å². The fourth-order valence-electron chi connectivity index (χ4n) is 3.31. The summed E-state index contributed by atoms with van der Waals surface area (Å²) in [7, 11) is 0. The van der Waals surface area contributed by atoms with E-state index >= 15 is 0 Å². The van der Waals surface area contributed by atoms with Gasteiger partial charge in [0.2, 0.25) is 0 Å². The van der Waals surface area contributed by atoms with Crippen molar-refractivity contribution in [3.05, 3.63) is 66.5 Å². The van der Waals surface area contributed by atoms with Gasteiger partial charge in [-0.3, -0.25) is 0 Å². The Kier molecular flexibility index (Phi) is 5.10. The molecule has 4 nitrogen and oxygen atoms in total. The summed E-state index contributed by atoms with van der Waals surface area (Å²) >= 11 is 0. The fourth-order valence-corrected chi connectivity index (χ4v) is 3.31. The highest BCUT2D eigenvalue weighted by Gasteiger charge is 2.28. The zero-order valence-electron chi connectivity index (χ0n) is 15.9. The molecule has 27 heavy (non-hydrogen) atoms. The summed E-state index contributed by atoms with van der Waals surface area (Å²) in [6.07, 6.45) is 1.44. The second kappa shape index (κ2) is 7.67. The lowest BCUT2D eigenvalue weighted by atomic mass is 9.95. The molecule has 0 aliphatic carbocycles. The lowest BCUT2D eigenvalue weighted by Crippen LogP contribution is -2.37. The molecular weight excluding hydrogens is 336 g/mol. The molecule has 1 aliphatic heterocycles. The van der Waals surface area contributed by atoms with Crippen LogP contribution in [0.4, 0.5) is 0 Å². The fraction of sp³-hybridized carbons (Fsp3) is 0.348. The minimum absolute atomic E-state index is 0.0993. The molecule has 0 unspecified atom stereocenters. The zero-order valence-corrected chi connectivity index (χ0v) is 15.9. The van der Waals surface area contributed by atoms with Crippen LogP contribution in [0.3, 0.4) is 0 Å². The molecule has 0 radical (unpaired) electrons. The number of nitrogens with one attached hydrogen (secondary N) is 1. The van der Waals surface area contributed by atoms with E-state index in [2.05, 4.69) is 55.2 Å². The normalized spacial score (nSPS) is 17.1.